The van der Waals surface area contributed by atoms with Crippen molar-refractivity contribution >= 4 is 87.8 Å². The highest BCUT2D eigenvalue weighted by Crippen LogP contribution is 2.26. The minimum absolute atomic E-state index is 0.00543. The lowest BCUT2D eigenvalue weighted by molar-refractivity contribution is -0.159. The van der Waals surface area contributed by atoms with Gasteiger partial charge in [-0.05, 0) is 212 Å². The predicted molar refractivity (Wildman–Crippen MR) is 419 cm³/mol. The third-order valence-corrected chi connectivity index (χ3v) is 16.6. The summed E-state index contributed by atoms with van der Waals surface area (Å²) in [6.07, 6.45) is 7.76. The third-order valence-electron chi connectivity index (χ3n) is 15.9. The summed E-state index contributed by atoms with van der Waals surface area (Å²) in [6.45, 7) is 30.1. The predicted octanol–water partition coefficient (Wildman–Crippen LogP) is 10.8. The first kappa shape index (κ1) is 94.7. The third kappa shape index (κ3) is 46.1. The van der Waals surface area contributed by atoms with Crippen molar-refractivity contribution in [2.45, 2.75) is 260 Å². The SMILES string of the molecule is CC(C)(C)OC(=O)CC[C@H](NC(=O)N[C@@H](CCCCNC(=O)Nc1cccc(-c2cnnn2CCOCCOCCC(=O)C[C@@H](CCCCNC(=O)OC(C)(C)C)C(=O)NCCOCCOCCC(=O)N[C@@H](CCCCNC(=O)CCCc2ccc(I)cc2)C(=O)OC(C)(C)C)c1)C(=O)OC(C)(C)C)C(C)(C)C. The standard InChI is InChI=1S/C78H126IN11O18/c1-74(2,3)64(35-36-67(94)105-75(4,5)6)88-72(99)87-62(70(97)107-77(10,11)12)29-18-21-40-82-71(98)85-59-27-23-26-56(52-59)63-54-84-89-90(63)43-47-104-51-49-101-44-37-60(91)53-57(25-16-19-41-83-73(100)108-78(13,14)15)68(95)81-42-46-103-50-48-102-45-38-66(93)86-61(69(96)106-76(7,8)9)28-17-20-39-80-65(92)30-22-24-55-31-33-58(79)34-32-55/h23,26-27,31-34,52,54,57,61-62,64H,16-22,24-25,28-30,35-51,53H2,1-15H3,(H,80,92)(H,81,95)(H,83,100)(H,86,93)(H2,82,85,98)(H2,87,88,99)/t57-,61+,62+,64+/m1/s1. The summed E-state index contributed by atoms with van der Waals surface area (Å²) in [5, 5.41) is 31.1. The first-order valence-corrected chi connectivity index (χ1v) is 39.0. The van der Waals surface area contributed by atoms with Gasteiger partial charge in [0.05, 0.1) is 71.3 Å². The van der Waals surface area contributed by atoms with E-state index >= 15 is 0 Å². The van der Waals surface area contributed by atoms with Gasteiger partial charge in [0, 0.05) is 85.1 Å². The number of esters is 3. The Bertz CT molecular complexity index is 3230. The van der Waals surface area contributed by atoms with E-state index in [-0.39, 0.29) is 128 Å². The Kier molecular flexibility index (Phi) is 43.4. The van der Waals surface area contributed by atoms with E-state index in [9.17, 15) is 47.9 Å². The maximum Gasteiger partial charge on any atom is 0.407 e. The Hall–Kier alpha value is -7.55. The van der Waals surface area contributed by atoms with Gasteiger partial charge in [0.1, 0.15) is 40.3 Å². The van der Waals surface area contributed by atoms with E-state index in [1.54, 1.807) is 112 Å². The van der Waals surface area contributed by atoms with Crippen LogP contribution in [0.15, 0.2) is 54.7 Å². The molecule has 0 radical (unpaired) electrons. The number of aromatic nitrogens is 3. The number of halogens is 1. The molecule has 1 aromatic heterocycles. The van der Waals surface area contributed by atoms with Crippen molar-refractivity contribution in [3.63, 3.8) is 0 Å². The number of alkyl carbamates (subject to hydrolysis) is 1. The minimum Gasteiger partial charge on any atom is -0.460 e. The molecule has 0 aliphatic rings. The van der Waals surface area contributed by atoms with Gasteiger partial charge in [0.15, 0.2) is 0 Å². The number of urea groups is 2. The fourth-order valence-corrected chi connectivity index (χ4v) is 11.0. The smallest absolute Gasteiger partial charge is 0.407 e. The first-order valence-electron chi connectivity index (χ1n) is 37.9. The van der Waals surface area contributed by atoms with Gasteiger partial charge in [0.2, 0.25) is 17.7 Å². The highest BCUT2D eigenvalue weighted by atomic mass is 127. The molecular weight excluding hydrogens is 1510 g/mol. The molecule has 0 aliphatic carbocycles. The number of carbonyl (C=O) groups is 10. The number of hydrogen-bond acceptors (Lipinski definition) is 20. The number of ether oxygens (including phenoxy) is 8. The molecule has 608 valence electrons. The van der Waals surface area contributed by atoms with E-state index in [2.05, 4.69) is 87.6 Å². The Balaban J connectivity index is 1.38. The lowest BCUT2D eigenvalue weighted by Gasteiger charge is -2.32. The summed E-state index contributed by atoms with van der Waals surface area (Å²) in [4.78, 5) is 130. The number of rotatable bonds is 50. The number of ketones is 1. The maximum atomic E-state index is 13.5. The topological polar surface area (TPSA) is 371 Å². The van der Waals surface area contributed by atoms with E-state index in [0.29, 0.717) is 95.2 Å². The van der Waals surface area contributed by atoms with Crippen LogP contribution >= 0.6 is 22.6 Å². The number of Topliss-reactive ketones (excluding diaryl/α,β-unsaturated/α-hetero) is 1. The summed E-state index contributed by atoms with van der Waals surface area (Å²) in [5.74, 6) is -3.00. The second kappa shape index (κ2) is 49.6. The van der Waals surface area contributed by atoms with Gasteiger partial charge in [-0.15, -0.1) is 5.10 Å². The molecule has 0 spiro atoms. The fourth-order valence-electron chi connectivity index (χ4n) is 10.7. The summed E-state index contributed by atoms with van der Waals surface area (Å²) in [6, 6.07) is 12.2. The van der Waals surface area contributed by atoms with Crippen LogP contribution in [0.25, 0.3) is 11.3 Å². The molecule has 8 amide bonds. The molecule has 0 bridgehead atoms. The quantitative estimate of drug-likeness (QED) is 0.0113. The van der Waals surface area contributed by atoms with E-state index in [4.69, 9.17) is 37.9 Å². The molecule has 1 heterocycles. The Labute approximate surface area is 653 Å². The molecular formula is C78H126IN11O18. The summed E-state index contributed by atoms with van der Waals surface area (Å²) in [5.41, 5.74) is -0.127. The molecule has 3 rings (SSSR count). The lowest BCUT2D eigenvalue weighted by atomic mass is 9.84. The van der Waals surface area contributed by atoms with Crippen LogP contribution in [-0.4, -0.2) is 194 Å². The van der Waals surface area contributed by atoms with Crippen molar-refractivity contribution in [2.24, 2.45) is 11.3 Å². The van der Waals surface area contributed by atoms with E-state index in [1.165, 1.54) is 5.56 Å². The molecule has 0 saturated heterocycles. The Morgan fingerprint density at radius 1 is 0.491 bits per heavy atom. The average molecular weight is 1630 g/mol. The van der Waals surface area contributed by atoms with E-state index in [1.807, 2.05) is 39.0 Å². The van der Waals surface area contributed by atoms with Gasteiger partial charge in [-0.1, -0.05) is 56.7 Å². The van der Waals surface area contributed by atoms with Crippen molar-refractivity contribution in [3.05, 3.63) is 63.9 Å². The number of benzene rings is 2. The Morgan fingerprint density at radius 3 is 1.65 bits per heavy atom. The van der Waals surface area contributed by atoms with Gasteiger partial charge in [0.25, 0.3) is 0 Å². The van der Waals surface area contributed by atoms with Crippen molar-refractivity contribution in [1.82, 2.24) is 52.2 Å². The van der Waals surface area contributed by atoms with Crippen LogP contribution in [0.3, 0.4) is 0 Å². The molecule has 3 aromatic rings. The monoisotopic (exact) mass is 1630 g/mol. The molecule has 2 aromatic carbocycles. The molecule has 0 unspecified atom stereocenters. The van der Waals surface area contributed by atoms with Gasteiger partial charge < -0.3 is 80.4 Å². The molecule has 30 heteroatoms. The van der Waals surface area contributed by atoms with Gasteiger partial charge in [-0.2, -0.15) is 0 Å². The molecule has 0 saturated carbocycles. The van der Waals surface area contributed by atoms with Gasteiger partial charge in [-0.25, -0.2) is 28.7 Å². The van der Waals surface area contributed by atoms with Crippen molar-refractivity contribution in [1.29, 1.82) is 0 Å². The number of amides is 8. The van der Waals surface area contributed by atoms with Crippen LogP contribution < -0.4 is 42.5 Å². The van der Waals surface area contributed by atoms with Crippen molar-refractivity contribution < 1.29 is 85.8 Å². The minimum atomic E-state index is -0.973. The van der Waals surface area contributed by atoms with Crippen molar-refractivity contribution in [3.8, 4) is 11.3 Å². The highest BCUT2D eigenvalue weighted by molar-refractivity contribution is 14.1. The summed E-state index contributed by atoms with van der Waals surface area (Å²) >= 11 is 2.26. The molecule has 0 fully saturated rings. The maximum absolute atomic E-state index is 13.5. The first-order chi connectivity index (χ1) is 50.7. The molecule has 0 aliphatic heterocycles. The zero-order valence-electron chi connectivity index (χ0n) is 66.8. The number of anilines is 1. The average Bonchev–Trinajstić information content (AvgIpc) is 1.69. The highest BCUT2D eigenvalue weighted by Gasteiger charge is 2.32. The van der Waals surface area contributed by atoms with Crippen LogP contribution in [0, 0.1) is 14.9 Å². The number of unbranched alkanes of at least 4 members (excludes halogenated alkanes) is 3. The molecule has 8 N–H and O–H groups in total. The fraction of sp³-hybridized carbons (Fsp3) is 0.692. The van der Waals surface area contributed by atoms with Crippen LogP contribution in [-0.2, 0) is 84.4 Å². The van der Waals surface area contributed by atoms with E-state index < -0.39 is 82.0 Å². The van der Waals surface area contributed by atoms with Crippen LogP contribution in [0.2, 0.25) is 0 Å². The number of nitrogens with zero attached hydrogens (tertiary/aromatic N) is 3. The largest absolute Gasteiger partial charge is 0.460 e. The normalized spacial score (nSPS) is 13.0. The number of hydrogen-bond donors (Lipinski definition) is 8. The number of nitrogens with one attached hydrogen (secondary N) is 8. The number of aryl methyl sites for hydroxylation is 1. The summed E-state index contributed by atoms with van der Waals surface area (Å²) < 4.78 is 47.8. The zero-order chi connectivity index (χ0) is 80.4. The number of carbonyl (C=O) groups excluding carboxylic acids is 10. The molecule has 29 nitrogen and oxygen atoms in total. The zero-order valence-corrected chi connectivity index (χ0v) is 68.9. The van der Waals surface area contributed by atoms with Gasteiger partial charge in [-0.3, -0.25) is 24.0 Å². The summed E-state index contributed by atoms with van der Waals surface area (Å²) in [7, 11) is 0. The molecule has 4 atom stereocenters. The van der Waals surface area contributed by atoms with Crippen molar-refractivity contribution in [2.75, 3.05) is 84.4 Å². The lowest BCUT2D eigenvalue weighted by Crippen LogP contribution is -2.53. The van der Waals surface area contributed by atoms with Crippen LogP contribution in [0.4, 0.5) is 20.1 Å². The second-order valence-corrected chi connectivity index (χ2v) is 32.9. The Morgan fingerprint density at radius 2 is 1.05 bits per heavy atom. The van der Waals surface area contributed by atoms with Gasteiger partial charge >= 0.3 is 36.1 Å². The second-order valence-electron chi connectivity index (χ2n) is 31.6. The van der Waals surface area contributed by atoms with E-state index in [0.717, 1.165) is 22.0 Å². The van der Waals surface area contributed by atoms with Crippen LogP contribution in [0.1, 0.15) is 212 Å². The van der Waals surface area contributed by atoms with Crippen LogP contribution in [0.5, 0.6) is 0 Å². The molecule has 108 heavy (non-hydrogen) atoms.